The molecule has 0 bridgehead atoms. The fraction of sp³-hybridized carbons (Fsp3) is 0.409. The van der Waals surface area contributed by atoms with Gasteiger partial charge < -0.3 is 19.9 Å². The van der Waals surface area contributed by atoms with Crippen LogP contribution in [0.5, 0.6) is 5.75 Å². The molecule has 2 N–H and O–H groups in total. The van der Waals surface area contributed by atoms with Crippen molar-refractivity contribution in [2.24, 2.45) is 0 Å². The third-order valence-corrected chi connectivity index (χ3v) is 5.41. The molecular formula is C22H26ClN5O4. The lowest BCUT2D eigenvalue weighted by molar-refractivity contribution is 0.108. The van der Waals surface area contributed by atoms with Crippen LogP contribution in [0, 0.1) is 0 Å². The van der Waals surface area contributed by atoms with Crippen LogP contribution in [0.15, 0.2) is 30.5 Å². The topological polar surface area (TPSA) is 101 Å². The monoisotopic (exact) mass is 459 g/mol. The number of benzene rings is 1. The number of hydrogen-bond donors (Lipinski definition) is 2. The van der Waals surface area contributed by atoms with E-state index in [0.717, 1.165) is 11.1 Å². The van der Waals surface area contributed by atoms with E-state index in [2.05, 4.69) is 24.3 Å². The van der Waals surface area contributed by atoms with Gasteiger partial charge in [0, 0.05) is 28.8 Å². The zero-order chi connectivity index (χ0) is 22.8. The highest BCUT2D eigenvalue weighted by molar-refractivity contribution is 6.31. The van der Waals surface area contributed by atoms with Gasteiger partial charge in [0.05, 0.1) is 18.4 Å². The van der Waals surface area contributed by atoms with E-state index < -0.39 is 12.2 Å². The molecule has 1 amide bonds. The number of ether oxygens (including phenoxy) is 2. The minimum atomic E-state index is -0.648. The number of nitrogens with zero attached hydrogens (tertiary/aromatic N) is 4. The molecule has 1 saturated heterocycles. The molecule has 3 aromatic rings. The van der Waals surface area contributed by atoms with Crippen LogP contribution in [-0.2, 0) is 4.74 Å². The number of amides is 1. The number of nitrogens with one attached hydrogen (secondary N) is 1. The van der Waals surface area contributed by atoms with Gasteiger partial charge in [-0.25, -0.2) is 9.78 Å². The SMILES string of the molecule is CNCC(O)COc1cc(Cl)cc(-c2cc(N3CCOC3=O)n3ncc(C(C)C)c3n2)c1. The number of rotatable bonds is 8. The van der Waals surface area contributed by atoms with Crippen molar-refractivity contribution in [2.75, 3.05) is 38.3 Å². The minimum Gasteiger partial charge on any atom is -0.491 e. The Morgan fingerprint density at radius 1 is 1.31 bits per heavy atom. The minimum absolute atomic E-state index is 0.123. The van der Waals surface area contributed by atoms with Crippen molar-refractivity contribution < 1.29 is 19.4 Å². The lowest BCUT2D eigenvalue weighted by Crippen LogP contribution is -2.29. The summed E-state index contributed by atoms with van der Waals surface area (Å²) in [7, 11) is 1.76. The van der Waals surface area contributed by atoms with E-state index in [4.69, 9.17) is 26.1 Å². The summed E-state index contributed by atoms with van der Waals surface area (Å²) in [4.78, 5) is 18.7. The highest BCUT2D eigenvalue weighted by Gasteiger charge is 2.28. The molecule has 1 fully saturated rings. The average Bonchev–Trinajstić information content (AvgIpc) is 3.37. The predicted octanol–water partition coefficient (Wildman–Crippen LogP) is 3.09. The highest BCUT2D eigenvalue weighted by atomic mass is 35.5. The quantitative estimate of drug-likeness (QED) is 0.533. The maximum Gasteiger partial charge on any atom is 0.415 e. The summed E-state index contributed by atoms with van der Waals surface area (Å²) < 4.78 is 12.5. The maximum atomic E-state index is 12.3. The number of cyclic esters (lactones) is 1. The smallest absolute Gasteiger partial charge is 0.415 e. The van der Waals surface area contributed by atoms with E-state index in [9.17, 15) is 9.90 Å². The summed E-state index contributed by atoms with van der Waals surface area (Å²) in [6.07, 6.45) is 0.709. The first-order valence-corrected chi connectivity index (χ1v) is 10.8. The van der Waals surface area contributed by atoms with Crippen LogP contribution in [0.3, 0.4) is 0 Å². The van der Waals surface area contributed by atoms with Gasteiger partial charge in [0.15, 0.2) is 5.65 Å². The molecule has 1 unspecified atom stereocenters. The molecule has 1 atom stereocenters. The van der Waals surface area contributed by atoms with Crippen LogP contribution >= 0.6 is 11.6 Å². The normalized spacial score (nSPS) is 14.9. The number of likely N-dealkylation sites (N-methyl/N-ethyl adjacent to an activating group) is 1. The van der Waals surface area contributed by atoms with Crippen molar-refractivity contribution >= 4 is 29.2 Å². The first-order valence-electron chi connectivity index (χ1n) is 10.5. The number of carbonyl (C=O) groups excluding carboxylic acids is 1. The number of fused-ring (bicyclic) bond motifs is 1. The van der Waals surface area contributed by atoms with E-state index >= 15 is 0 Å². The Bertz CT molecular complexity index is 1130. The van der Waals surface area contributed by atoms with Gasteiger partial charge in [0.1, 0.15) is 30.9 Å². The largest absolute Gasteiger partial charge is 0.491 e. The Labute approximate surface area is 190 Å². The third kappa shape index (κ3) is 4.50. The molecule has 1 aliphatic rings. The van der Waals surface area contributed by atoms with Gasteiger partial charge in [-0.15, -0.1) is 0 Å². The first-order chi connectivity index (χ1) is 15.4. The summed E-state index contributed by atoms with van der Waals surface area (Å²) in [5.74, 6) is 1.29. The number of aromatic nitrogens is 3. The van der Waals surface area contributed by atoms with Gasteiger partial charge in [-0.1, -0.05) is 25.4 Å². The van der Waals surface area contributed by atoms with Crippen LogP contribution in [0.1, 0.15) is 25.3 Å². The Kier molecular flexibility index (Phi) is 6.50. The molecular weight excluding hydrogens is 434 g/mol. The molecule has 32 heavy (non-hydrogen) atoms. The molecule has 2 aromatic heterocycles. The summed E-state index contributed by atoms with van der Waals surface area (Å²) in [5, 5.41) is 17.8. The highest BCUT2D eigenvalue weighted by Crippen LogP contribution is 2.33. The van der Waals surface area contributed by atoms with Crippen LogP contribution in [-0.4, -0.2) is 65.3 Å². The second-order valence-electron chi connectivity index (χ2n) is 7.95. The van der Waals surface area contributed by atoms with E-state index in [0.29, 0.717) is 47.6 Å². The van der Waals surface area contributed by atoms with Crippen molar-refractivity contribution in [1.82, 2.24) is 19.9 Å². The molecule has 1 aliphatic heterocycles. The molecule has 4 rings (SSSR count). The van der Waals surface area contributed by atoms with Crippen LogP contribution in [0.25, 0.3) is 16.9 Å². The van der Waals surface area contributed by atoms with Gasteiger partial charge in [-0.3, -0.25) is 4.90 Å². The van der Waals surface area contributed by atoms with E-state index in [1.807, 2.05) is 6.07 Å². The van der Waals surface area contributed by atoms with Gasteiger partial charge >= 0.3 is 6.09 Å². The van der Waals surface area contributed by atoms with Crippen LogP contribution < -0.4 is 15.0 Å². The Morgan fingerprint density at radius 3 is 2.81 bits per heavy atom. The summed E-state index contributed by atoms with van der Waals surface area (Å²) in [6.45, 7) is 5.42. The fourth-order valence-electron chi connectivity index (χ4n) is 3.59. The Morgan fingerprint density at radius 2 is 2.12 bits per heavy atom. The standard InChI is InChI=1S/C22H26ClN5O4/c1-13(2)18-11-25-28-20(27-4-5-31-22(27)30)9-19(26-21(18)28)14-6-15(23)8-17(7-14)32-12-16(29)10-24-3/h6-9,11,13,16,24,29H,4-5,10,12H2,1-3H3. The number of carbonyl (C=O) groups is 1. The number of aliphatic hydroxyl groups is 1. The molecule has 0 saturated carbocycles. The summed E-state index contributed by atoms with van der Waals surface area (Å²) in [5.41, 5.74) is 2.98. The number of anilines is 1. The maximum absolute atomic E-state index is 12.3. The second-order valence-corrected chi connectivity index (χ2v) is 8.39. The zero-order valence-electron chi connectivity index (χ0n) is 18.2. The van der Waals surface area contributed by atoms with E-state index in [1.165, 1.54) is 0 Å². The van der Waals surface area contributed by atoms with Gasteiger partial charge in [0.25, 0.3) is 0 Å². The Hall–Kier alpha value is -2.88. The van der Waals surface area contributed by atoms with Crippen molar-refractivity contribution in [3.05, 3.63) is 41.0 Å². The molecule has 170 valence electrons. The number of hydrogen-bond acceptors (Lipinski definition) is 7. The number of aliphatic hydroxyl groups excluding tert-OH is 1. The number of halogens is 1. The van der Waals surface area contributed by atoms with Crippen molar-refractivity contribution in [3.8, 4) is 17.0 Å². The van der Waals surface area contributed by atoms with E-state index in [1.54, 1.807) is 40.9 Å². The van der Waals surface area contributed by atoms with Gasteiger partial charge in [-0.2, -0.15) is 9.61 Å². The third-order valence-electron chi connectivity index (χ3n) is 5.19. The second kappa shape index (κ2) is 9.32. The molecule has 0 radical (unpaired) electrons. The van der Waals surface area contributed by atoms with Crippen LogP contribution in [0.4, 0.5) is 10.6 Å². The van der Waals surface area contributed by atoms with Crippen LogP contribution in [0.2, 0.25) is 5.02 Å². The molecule has 10 heteroatoms. The lowest BCUT2D eigenvalue weighted by Gasteiger charge is -2.17. The van der Waals surface area contributed by atoms with Crippen molar-refractivity contribution in [2.45, 2.75) is 25.9 Å². The van der Waals surface area contributed by atoms with E-state index in [-0.39, 0.29) is 12.5 Å². The van der Waals surface area contributed by atoms with Crippen molar-refractivity contribution in [1.29, 1.82) is 0 Å². The fourth-order valence-corrected chi connectivity index (χ4v) is 3.82. The first kappa shape index (κ1) is 22.3. The van der Waals surface area contributed by atoms with Gasteiger partial charge in [-0.05, 0) is 31.2 Å². The Balaban J connectivity index is 1.78. The molecule has 0 spiro atoms. The summed E-state index contributed by atoms with van der Waals surface area (Å²) in [6, 6.07) is 7.08. The zero-order valence-corrected chi connectivity index (χ0v) is 19.0. The lowest BCUT2D eigenvalue weighted by atomic mass is 10.1. The molecule has 1 aromatic carbocycles. The molecule has 0 aliphatic carbocycles. The molecule has 9 nitrogen and oxygen atoms in total. The average molecular weight is 460 g/mol. The van der Waals surface area contributed by atoms with Crippen molar-refractivity contribution in [3.63, 3.8) is 0 Å². The molecule has 3 heterocycles. The predicted molar refractivity (Wildman–Crippen MR) is 122 cm³/mol. The van der Waals surface area contributed by atoms with Gasteiger partial charge in [0.2, 0.25) is 0 Å². The summed E-state index contributed by atoms with van der Waals surface area (Å²) >= 11 is 6.36.